The highest BCUT2D eigenvalue weighted by Gasteiger charge is 2.25. The molecule has 0 radical (unpaired) electrons. The molecule has 1 aliphatic carbocycles. The summed E-state index contributed by atoms with van der Waals surface area (Å²) in [5.74, 6) is -0.277. The molecule has 1 saturated carbocycles. The first-order valence-electron chi connectivity index (χ1n) is 6.85. The average molecular weight is 297 g/mol. The van der Waals surface area contributed by atoms with E-state index in [2.05, 4.69) is 6.58 Å². The lowest BCUT2D eigenvalue weighted by Gasteiger charge is -2.28. The van der Waals surface area contributed by atoms with E-state index in [1.165, 1.54) is 6.07 Å². The highest BCUT2D eigenvalue weighted by molar-refractivity contribution is 6.30. The van der Waals surface area contributed by atoms with Gasteiger partial charge >= 0.3 is 5.97 Å². The van der Waals surface area contributed by atoms with Crippen LogP contribution >= 0.6 is 11.6 Å². The minimum Gasteiger partial charge on any atom is -0.462 e. The van der Waals surface area contributed by atoms with Crippen LogP contribution in [0.1, 0.15) is 43.6 Å². The van der Waals surface area contributed by atoms with Gasteiger partial charge in [0.05, 0.1) is 11.4 Å². The number of benzene rings is 1. The maximum atomic E-state index is 13.5. The van der Waals surface area contributed by atoms with Gasteiger partial charge < -0.3 is 4.74 Å². The van der Waals surface area contributed by atoms with Crippen LogP contribution in [0.5, 0.6) is 0 Å². The third kappa shape index (κ3) is 3.83. The molecule has 2 rings (SSSR count). The second-order valence-corrected chi connectivity index (χ2v) is 5.54. The van der Waals surface area contributed by atoms with Crippen LogP contribution in [0, 0.1) is 5.82 Å². The third-order valence-electron chi connectivity index (χ3n) is 3.70. The van der Waals surface area contributed by atoms with Crippen LogP contribution in [0.3, 0.4) is 0 Å². The molecule has 20 heavy (non-hydrogen) atoms. The molecule has 1 aliphatic rings. The van der Waals surface area contributed by atoms with E-state index >= 15 is 0 Å². The van der Waals surface area contributed by atoms with Crippen molar-refractivity contribution in [1.29, 1.82) is 0 Å². The number of carbonyl (C=O) groups excluding carboxylic acids is 1. The van der Waals surface area contributed by atoms with E-state index in [1.54, 1.807) is 12.1 Å². The molecule has 108 valence electrons. The van der Waals surface area contributed by atoms with Gasteiger partial charge in [0.1, 0.15) is 11.9 Å². The fraction of sp³-hybridized carbons (Fsp3) is 0.438. The lowest BCUT2D eigenvalue weighted by Crippen LogP contribution is -2.23. The van der Waals surface area contributed by atoms with E-state index in [4.69, 9.17) is 16.3 Å². The average Bonchev–Trinajstić information content (AvgIpc) is 2.43. The van der Waals surface area contributed by atoms with Gasteiger partial charge in [0, 0.05) is 0 Å². The van der Waals surface area contributed by atoms with Gasteiger partial charge in [-0.2, -0.15) is 0 Å². The van der Waals surface area contributed by atoms with E-state index in [1.807, 2.05) is 6.07 Å². The normalized spacial score (nSPS) is 22.3. The Labute approximate surface area is 123 Å². The molecular formula is C16H18ClFO2. The summed E-state index contributed by atoms with van der Waals surface area (Å²) in [4.78, 5) is 11.4. The number of halogens is 2. The van der Waals surface area contributed by atoms with Gasteiger partial charge in [-0.25, -0.2) is 4.39 Å². The second-order valence-electron chi connectivity index (χ2n) is 5.13. The largest absolute Gasteiger partial charge is 0.462 e. The topological polar surface area (TPSA) is 26.3 Å². The molecule has 0 amide bonds. The molecular weight excluding hydrogens is 279 g/mol. The highest BCUT2D eigenvalue weighted by atomic mass is 35.5. The second kappa shape index (κ2) is 6.89. The van der Waals surface area contributed by atoms with Crippen LogP contribution in [0.4, 0.5) is 4.39 Å². The molecule has 2 nitrogen and oxygen atoms in total. The van der Waals surface area contributed by atoms with Crippen LogP contribution in [-0.2, 0) is 9.53 Å². The van der Waals surface area contributed by atoms with Gasteiger partial charge in [-0.1, -0.05) is 23.7 Å². The van der Waals surface area contributed by atoms with Crippen LogP contribution in [0.15, 0.2) is 30.9 Å². The molecule has 0 saturated heterocycles. The molecule has 4 heteroatoms. The number of esters is 1. The Kier molecular flexibility index (Phi) is 5.18. The van der Waals surface area contributed by atoms with E-state index in [-0.39, 0.29) is 29.3 Å². The van der Waals surface area contributed by atoms with Crippen molar-refractivity contribution in [2.75, 3.05) is 0 Å². The standard InChI is InChI=1S/C16H18ClFO2/c1-2-3-16(19)20-13-7-4-11(5-8-13)12-6-9-14(17)15(18)10-12/h2,6,9-11,13H,1,3-5,7-8H2. The van der Waals surface area contributed by atoms with Crippen molar-refractivity contribution in [3.05, 3.63) is 47.3 Å². The molecule has 0 aliphatic heterocycles. The summed E-state index contributed by atoms with van der Waals surface area (Å²) in [5, 5.41) is 0.154. The monoisotopic (exact) mass is 296 g/mol. The maximum Gasteiger partial charge on any atom is 0.309 e. The van der Waals surface area contributed by atoms with Gasteiger partial charge in [0.15, 0.2) is 0 Å². The molecule has 0 heterocycles. The zero-order valence-electron chi connectivity index (χ0n) is 11.3. The molecule has 0 spiro atoms. The van der Waals surface area contributed by atoms with E-state index in [0.29, 0.717) is 5.92 Å². The summed E-state index contributed by atoms with van der Waals surface area (Å²) >= 11 is 5.69. The zero-order chi connectivity index (χ0) is 14.5. The van der Waals surface area contributed by atoms with E-state index < -0.39 is 0 Å². The van der Waals surface area contributed by atoms with Gasteiger partial charge in [-0.05, 0) is 49.3 Å². The summed E-state index contributed by atoms with van der Waals surface area (Å²) < 4.78 is 18.8. The van der Waals surface area contributed by atoms with Gasteiger partial charge in [-0.3, -0.25) is 4.79 Å². The summed E-state index contributed by atoms with van der Waals surface area (Å²) in [7, 11) is 0. The van der Waals surface area contributed by atoms with Crippen molar-refractivity contribution in [3.8, 4) is 0 Å². The summed E-state index contributed by atoms with van der Waals surface area (Å²) in [6.45, 7) is 3.51. The summed E-state index contributed by atoms with van der Waals surface area (Å²) in [5.41, 5.74) is 0.975. The fourth-order valence-corrected chi connectivity index (χ4v) is 2.75. The Balaban J connectivity index is 1.89. The molecule has 1 aromatic rings. The first kappa shape index (κ1) is 15.0. The summed E-state index contributed by atoms with van der Waals surface area (Å²) in [6.07, 6.45) is 5.21. The maximum absolute atomic E-state index is 13.5. The van der Waals surface area contributed by atoms with Crippen LogP contribution in [0.2, 0.25) is 5.02 Å². The van der Waals surface area contributed by atoms with E-state index in [9.17, 15) is 9.18 Å². The van der Waals surface area contributed by atoms with E-state index in [0.717, 1.165) is 31.2 Å². The molecule has 0 unspecified atom stereocenters. The number of rotatable bonds is 4. The van der Waals surface area contributed by atoms with Crippen molar-refractivity contribution < 1.29 is 13.9 Å². The van der Waals surface area contributed by atoms with Crippen LogP contribution < -0.4 is 0 Å². The number of hydrogen-bond acceptors (Lipinski definition) is 2. The molecule has 1 fully saturated rings. The first-order chi connectivity index (χ1) is 9.60. The molecule has 0 aromatic heterocycles. The predicted octanol–water partition coefficient (Wildman–Crippen LogP) is 4.62. The Morgan fingerprint density at radius 1 is 1.40 bits per heavy atom. The van der Waals surface area contributed by atoms with Crippen LogP contribution in [0.25, 0.3) is 0 Å². The smallest absolute Gasteiger partial charge is 0.309 e. The minimum atomic E-state index is -0.372. The Bertz CT molecular complexity index is 493. The molecule has 0 atom stereocenters. The van der Waals surface area contributed by atoms with Crippen LogP contribution in [-0.4, -0.2) is 12.1 Å². The Morgan fingerprint density at radius 3 is 2.70 bits per heavy atom. The van der Waals surface area contributed by atoms with Crippen molar-refractivity contribution >= 4 is 17.6 Å². The Morgan fingerprint density at radius 2 is 2.10 bits per heavy atom. The number of ether oxygens (including phenoxy) is 1. The quantitative estimate of drug-likeness (QED) is 0.598. The van der Waals surface area contributed by atoms with Crippen molar-refractivity contribution in [2.24, 2.45) is 0 Å². The summed E-state index contributed by atoms with van der Waals surface area (Å²) in [6, 6.07) is 4.99. The number of hydrogen-bond donors (Lipinski definition) is 0. The SMILES string of the molecule is C=CCC(=O)OC1CCC(c2ccc(Cl)c(F)c2)CC1. The molecule has 0 bridgehead atoms. The fourth-order valence-electron chi connectivity index (χ4n) is 2.63. The van der Waals surface area contributed by atoms with Gasteiger partial charge in [-0.15, -0.1) is 6.58 Å². The van der Waals surface area contributed by atoms with Crippen molar-refractivity contribution in [1.82, 2.24) is 0 Å². The van der Waals surface area contributed by atoms with Gasteiger partial charge in [0.2, 0.25) is 0 Å². The molecule has 1 aromatic carbocycles. The van der Waals surface area contributed by atoms with Crippen molar-refractivity contribution in [2.45, 2.75) is 44.1 Å². The minimum absolute atomic E-state index is 0.0177. The number of carbonyl (C=O) groups is 1. The zero-order valence-corrected chi connectivity index (χ0v) is 12.0. The van der Waals surface area contributed by atoms with Gasteiger partial charge in [0.25, 0.3) is 0 Å². The van der Waals surface area contributed by atoms with Crippen molar-refractivity contribution in [3.63, 3.8) is 0 Å². The lowest BCUT2D eigenvalue weighted by molar-refractivity contribution is -0.149. The lowest BCUT2D eigenvalue weighted by atomic mass is 9.83. The third-order valence-corrected chi connectivity index (χ3v) is 4.00. The Hall–Kier alpha value is -1.35. The predicted molar refractivity (Wildman–Crippen MR) is 77.3 cm³/mol. The first-order valence-corrected chi connectivity index (χ1v) is 7.23. The highest BCUT2D eigenvalue weighted by Crippen LogP contribution is 2.35. The molecule has 0 N–H and O–H groups in total.